The number of carbonyl (C=O) groups is 3. The number of nitrogens with one attached hydrogen (secondary N) is 1. The summed E-state index contributed by atoms with van der Waals surface area (Å²) >= 11 is 0. The van der Waals surface area contributed by atoms with Crippen LogP contribution in [0.2, 0.25) is 0 Å². The van der Waals surface area contributed by atoms with E-state index in [9.17, 15) is 14.4 Å². The Labute approximate surface area is 109 Å². The number of nitrogens with two attached hydrogens (primary N) is 1. The van der Waals surface area contributed by atoms with Gasteiger partial charge in [-0.2, -0.15) is 0 Å². The minimum atomic E-state index is -0.638. The van der Waals surface area contributed by atoms with Gasteiger partial charge in [-0.25, -0.2) is 4.79 Å². The quantitative estimate of drug-likeness (QED) is 0.672. The zero-order chi connectivity index (χ0) is 14.3. The number of benzene rings is 1. The van der Waals surface area contributed by atoms with Crippen molar-refractivity contribution in [2.45, 2.75) is 0 Å². The summed E-state index contributed by atoms with van der Waals surface area (Å²) in [6.45, 7) is -0.525. The third-order valence-electron chi connectivity index (χ3n) is 2.08. The van der Waals surface area contributed by atoms with Crippen molar-refractivity contribution in [3.05, 3.63) is 29.8 Å². The fourth-order valence-electron chi connectivity index (χ4n) is 1.22. The van der Waals surface area contributed by atoms with E-state index in [1.165, 1.54) is 13.2 Å². The lowest BCUT2D eigenvalue weighted by Crippen LogP contribution is -2.36. The van der Waals surface area contributed by atoms with Gasteiger partial charge in [0, 0.05) is 0 Å². The summed E-state index contributed by atoms with van der Waals surface area (Å²) in [5.41, 5.74) is 5.19. The first-order chi connectivity index (χ1) is 9.02. The first-order valence-corrected chi connectivity index (χ1v) is 5.39. The third-order valence-corrected chi connectivity index (χ3v) is 2.08. The van der Waals surface area contributed by atoms with E-state index in [0.717, 1.165) is 0 Å². The van der Waals surface area contributed by atoms with Crippen molar-refractivity contribution >= 4 is 17.8 Å². The third kappa shape index (κ3) is 5.07. The van der Waals surface area contributed by atoms with E-state index in [1.54, 1.807) is 18.2 Å². The Morgan fingerprint density at radius 1 is 1.32 bits per heavy atom. The maximum Gasteiger partial charge on any atom is 0.337 e. The molecular formula is C12H14N2O5. The van der Waals surface area contributed by atoms with Crippen molar-refractivity contribution in [1.29, 1.82) is 0 Å². The number of rotatable bonds is 6. The summed E-state index contributed by atoms with van der Waals surface area (Å²) in [5, 5.41) is 2.27. The normalized spacial score (nSPS) is 9.53. The van der Waals surface area contributed by atoms with Gasteiger partial charge in [-0.05, 0) is 18.2 Å². The lowest BCUT2D eigenvalue weighted by molar-refractivity contribution is -0.126. The molecule has 0 aromatic heterocycles. The highest BCUT2D eigenvalue weighted by Crippen LogP contribution is 2.13. The molecule has 1 aromatic rings. The van der Waals surface area contributed by atoms with Gasteiger partial charge in [-0.1, -0.05) is 6.07 Å². The minimum absolute atomic E-state index is 0.246. The van der Waals surface area contributed by atoms with Crippen LogP contribution < -0.4 is 15.8 Å². The molecule has 0 unspecified atom stereocenters. The summed E-state index contributed by atoms with van der Waals surface area (Å²) in [5.74, 6) is -1.27. The highest BCUT2D eigenvalue weighted by Gasteiger charge is 2.08. The predicted octanol–water partition coefficient (Wildman–Crippen LogP) is -0.546. The zero-order valence-corrected chi connectivity index (χ0v) is 10.3. The monoisotopic (exact) mass is 266 g/mol. The molecule has 2 amide bonds. The molecule has 0 spiro atoms. The van der Waals surface area contributed by atoms with Crippen LogP contribution in [0.15, 0.2) is 24.3 Å². The maximum absolute atomic E-state index is 11.3. The molecule has 0 heterocycles. The van der Waals surface area contributed by atoms with Crippen LogP contribution in [0, 0.1) is 0 Å². The van der Waals surface area contributed by atoms with Crippen LogP contribution in [0.3, 0.4) is 0 Å². The number of amides is 2. The van der Waals surface area contributed by atoms with Crippen LogP contribution in [-0.4, -0.2) is 38.0 Å². The van der Waals surface area contributed by atoms with Crippen LogP contribution in [0.1, 0.15) is 10.4 Å². The van der Waals surface area contributed by atoms with Crippen LogP contribution in [0.4, 0.5) is 0 Å². The van der Waals surface area contributed by atoms with E-state index >= 15 is 0 Å². The minimum Gasteiger partial charge on any atom is -0.484 e. The lowest BCUT2D eigenvalue weighted by atomic mass is 10.2. The number of esters is 1. The van der Waals surface area contributed by atoms with Gasteiger partial charge in [0.2, 0.25) is 5.91 Å². The molecule has 0 fully saturated rings. The fraction of sp³-hybridized carbons (Fsp3) is 0.250. The second-order valence-electron chi connectivity index (χ2n) is 3.55. The largest absolute Gasteiger partial charge is 0.484 e. The SMILES string of the molecule is COC(=O)c1cccc(OCC(=O)NCC(N)=O)c1. The molecule has 1 rings (SSSR count). The number of methoxy groups -OCH3 is 1. The first-order valence-electron chi connectivity index (χ1n) is 5.39. The Morgan fingerprint density at radius 2 is 2.05 bits per heavy atom. The summed E-state index contributed by atoms with van der Waals surface area (Å²) in [6, 6.07) is 6.20. The molecule has 0 aliphatic carbocycles. The molecule has 19 heavy (non-hydrogen) atoms. The molecule has 0 radical (unpaired) electrons. The molecule has 0 bridgehead atoms. The van der Waals surface area contributed by atoms with Gasteiger partial charge >= 0.3 is 5.97 Å². The van der Waals surface area contributed by atoms with Gasteiger partial charge < -0.3 is 20.5 Å². The Morgan fingerprint density at radius 3 is 2.68 bits per heavy atom. The highest BCUT2D eigenvalue weighted by atomic mass is 16.5. The number of hydrogen-bond donors (Lipinski definition) is 2. The van der Waals surface area contributed by atoms with Crippen molar-refractivity contribution < 1.29 is 23.9 Å². The van der Waals surface area contributed by atoms with Crippen LogP contribution in [-0.2, 0) is 14.3 Å². The number of ether oxygens (including phenoxy) is 2. The van der Waals surface area contributed by atoms with Crippen molar-refractivity contribution in [3.8, 4) is 5.75 Å². The fourth-order valence-corrected chi connectivity index (χ4v) is 1.22. The standard InChI is InChI=1S/C12H14N2O5/c1-18-12(17)8-3-2-4-9(5-8)19-7-11(16)14-6-10(13)15/h2-5H,6-7H2,1H3,(H2,13,15)(H,14,16). The number of hydrogen-bond acceptors (Lipinski definition) is 5. The summed E-state index contributed by atoms with van der Waals surface area (Å²) in [4.78, 5) is 33.0. The van der Waals surface area contributed by atoms with Crippen LogP contribution in [0.25, 0.3) is 0 Å². The molecule has 0 aliphatic heterocycles. The molecule has 0 saturated heterocycles. The van der Waals surface area contributed by atoms with Crippen molar-refractivity contribution in [1.82, 2.24) is 5.32 Å². The van der Waals surface area contributed by atoms with Crippen molar-refractivity contribution in [3.63, 3.8) is 0 Å². The highest BCUT2D eigenvalue weighted by molar-refractivity contribution is 5.89. The van der Waals surface area contributed by atoms with Gasteiger partial charge in [-0.3, -0.25) is 9.59 Å². The van der Waals surface area contributed by atoms with Gasteiger partial charge in [-0.15, -0.1) is 0 Å². The first kappa shape index (κ1) is 14.5. The second kappa shape index (κ2) is 7.00. The van der Waals surface area contributed by atoms with Crippen molar-refractivity contribution in [2.24, 2.45) is 5.73 Å². The van der Waals surface area contributed by atoms with Gasteiger partial charge in [0.1, 0.15) is 5.75 Å². The summed E-state index contributed by atoms with van der Waals surface area (Å²) in [7, 11) is 1.27. The van der Waals surface area contributed by atoms with E-state index in [4.69, 9.17) is 10.5 Å². The van der Waals surface area contributed by atoms with Crippen LogP contribution in [0.5, 0.6) is 5.75 Å². The van der Waals surface area contributed by atoms with Gasteiger partial charge in [0.25, 0.3) is 5.91 Å². The average Bonchev–Trinajstić information content (AvgIpc) is 2.42. The molecule has 1 aromatic carbocycles. The summed E-state index contributed by atoms with van der Waals surface area (Å²) < 4.78 is 9.72. The van der Waals surface area contributed by atoms with Crippen LogP contribution >= 0.6 is 0 Å². The predicted molar refractivity (Wildman–Crippen MR) is 65.5 cm³/mol. The molecule has 102 valence electrons. The van der Waals surface area contributed by atoms with Gasteiger partial charge in [0.05, 0.1) is 19.2 Å². The Bertz CT molecular complexity index is 487. The zero-order valence-electron chi connectivity index (χ0n) is 10.3. The maximum atomic E-state index is 11.3. The number of carbonyl (C=O) groups excluding carboxylic acids is 3. The topological polar surface area (TPSA) is 108 Å². The molecule has 7 heteroatoms. The molecule has 7 nitrogen and oxygen atoms in total. The van der Waals surface area contributed by atoms with E-state index < -0.39 is 17.8 Å². The number of primary amides is 1. The summed E-state index contributed by atoms with van der Waals surface area (Å²) in [6.07, 6.45) is 0. The van der Waals surface area contributed by atoms with Crippen molar-refractivity contribution in [2.75, 3.05) is 20.3 Å². The van der Waals surface area contributed by atoms with E-state index in [-0.39, 0.29) is 13.2 Å². The second-order valence-corrected chi connectivity index (χ2v) is 3.55. The smallest absolute Gasteiger partial charge is 0.337 e. The van der Waals surface area contributed by atoms with E-state index in [1.807, 2.05) is 0 Å². The van der Waals surface area contributed by atoms with E-state index in [0.29, 0.717) is 11.3 Å². The molecule has 0 atom stereocenters. The molecule has 3 N–H and O–H groups in total. The lowest BCUT2D eigenvalue weighted by Gasteiger charge is -2.07. The Kier molecular flexibility index (Phi) is 5.34. The molecular weight excluding hydrogens is 252 g/mol. The average molecular weight is 266 g/mol. The van der Waals surface area contributed by atoms with E-state index in [2.05, 4.69) is 10.1 Å². The van der Waals surface area contributed by atoms with Gasteiger partial charge in [0.15, 0.2) is 6.61 Å². The Balaban J connectivity index is 2.51. The molecule has 0 aliphatic rings. The Hall–Kier alpha value is -2.57. The molecule has 0 saturated carbocycles.